The van der Waals surface area contributed by atoms with Crippen LogP contribution >= 0.6 is 0 Å². The highest BCUT2D eigenvalue weighted by Gasteiger charge is 2.31. The first kappa shape index (κ1) is 9.21. The fourth-order valence-corrected chi connectivity index (χ4v) is 1.20. The second-order valence-electron chi connectivity index (χ2n) is 2.75. The molecule has 1 rings (SSSR count). The summed E-state index contributed by atoms with van der Waals surface area (Å²) in [5.41, 5.74) is 0. The maximum atomic E-state index is 10.2. The van der Waals surface area contributed by atoms with Gasteiger partial charge in [0.1, 0.15) is 18.7 Å². The molecular formula is C6H10N2O4. The molecule has 0 aromatic rings. The van der Waals surface area contributed by atoms with Crippen molar-refractivity contribution in [1.29, 1.82) is 0 Å². The van der Waals surface area contributed by atoms with Gasteiger partial charge in [0.2, 0.25) is 0 Å². The summed E-state index contributed by atoms with van der Waals surface area (Å²) >= 11 is 0. The van der Waals surface area contributed by atoms with Crippen LogP contribution in [0.25, 0.3) is 0 Å². The van der Waals surface area contributed by atoms with E-state index in [0.717, 1.165) is 0 Å². The zero-order valence-electron chi connectivity index (χ0n) is 6.42. The van der Waals surface area contributed by atoms with E-state index < -0.39 is 18.2 Å². The molecule has 0 aliphatic carbocycles. The van der Waals surface area contributed by atoms with Crippen molar-refractivity contribution in [3.8, 4) is 0 Å². The highest BCUT2D eigenvalue weighted by Crippen LogP contribution is 2.17. The first-order chi connectivity index (χ1) is 5.77. The van der Waals surface area contributed by atoms with Crippen LogP contribution in [0.3, 0.4) is 0 Å². The SMILES string of the molecule is O=NC[C@H]1OC[C@H](O)C[C@@H]1N=O. The highest BCUT2D eigenvalue weighted by molar-refractivity contribution is 4.85. The average molecular weight is 174 g/mol. The summed E-state index contributed by atoms with van der Waals surface area (Å²) in [6.07, 6.45) is -0.956. The van der Waals surface area contributed by atoms with E-state index >= 15 is 0 Å². The smallest absolute Gasteiger partial charge is 0.122 e. The minimum absolute atomic E-state index is 0.0802. The molecule has 12 heavy (non-hydrogen) atoms. The lowest BCUT2D eigenvalue weighted by Crippen LogP contribution is -2.41. The first-order valence-electron chi connectivity index (χ1n) is 3.69. The van der Waals surface area contributed by atoms with Gasteiger partial charge in [-0.15, -0.1) is 0 Å². The molecule has 6 nitrogen and oxygen atoms in total. The topological polar surface area (TPSA) is 88.3 Å². The van der Waals surface area contributed by atoms with E-state index in [0.29, 0.717) is 0 Å². The van der Waals surface area contributed by atoms with Crippen LogP contribution in [-0.2, 0) is 4.74 Å². The molecule has 0 aromatic carbocycles. The number of hydrogen-bond donors (Lipinski definition) is 1. The van der Waals surface area contributed by atoms with Gasteiger partial charge in [-0.25, -0.2) is 0 Å². The van der Waals surface area contributed by atoms with Gasteiger partial charge >= 0.3 is 0 Å². The molecule has 0 saturated carbocycles. The molecular weight excluding hydrogens is 164 g/mol. The average Bonchev–Trinajstić information content (AvgIpc) is 2.08. The van der Waals surface area contributed by atoms with Crippen LogP contribution in [0.4, 0.5) is 0 Å². The van der Waals surface area contributed by atoms with Crippen molar-refractivity contribution in [1.82, 2.24) is 0 Å². The summed E-state index contributed by atoms with van der Waals surface area (Å²) in [5, 5.41) is 14.5. The van der Waals surface area contributed by atoms with E-state index in [2.05, 4.69) is 10.4 Å². The summed E-state index contributed by atoms with van der Waals surface area (Å²) in [4.78, 5) is 20.1. The van der Waals surface area contributed by atoms with Crippen LogP contribution < -0.4 is 0 Å². The number of aliphatic hydroxyl groups excluding tert-OH is 1. The van der Waals surface area contributed by atoms with Gasteiger partial charge in [-0.2, -0.15) is 9.81 Å². The Morgan fingerprint density at radius 3 is 2.83 bits per heavy atom. The van der Waals surface area contributed by atoms with Gasteiger partial charge in [-0.1, -0.05) is 10.4 Å². The van der Waals surface area contributed by atoms with E-state index in [1.807, 2.05) is 0 Å². The second kappa shape index (κ2) is 4.22. The maximum Gasteiger partial charge on any atom is 0.122 e. The second-order valence-corrected chi connectivity index (χ2v) is 2.75. The predicted octanol–water partition coefficient (Wildman–Crippen LogP) is 0.0376. The number of nitrogens with zero attached hydrogens (tertiary/aromatic N) is 2. The van der Waals surface area contributed by atoms with Crippen LogP contribution in [0.2, 0.25) is 0 Å². The quantitative estimate of drug-likeness (QED) is 0.611. The van der Waals surface area contributed by atoms with Crippen LogP contribution in [0.5, 0.6) is 0 Å². The van der Waals surface area contributed by atoms with Crippen molar-refractivity contribution in [2.24, 2.45) is 10.4 Å². The van der Waals surface area contributed by atoms with Crippen LogP contribution in [0, 0.1) is 9.81 Å². The Morgan fingerprint density at radius 1 is 1.50 bits per heavy atom. The third-order valence-electron chi connectivity index (χ3n) is 1.84. The predicted molar refractivity (Wildman–Crippen MR) is 40.6 cm³/mol. The van der Waals surface area contributed by atoms with Gasteiger partial charge in [-0.05, 0) is 0 Å². The molecule has 1 heterocycles. The molecule has 1 aliphatic rings. The van der Waals surface area contributed by atoms with Gasteiger partial charge in [-0.3, -0.25) is 0 Å². The molecule has 6 heteroatoms. The Balaban J connectivity index is 2.49. The Bertz CT molecular complexity index is 175. The van der Waals surface area contributed by atoms with Crippen molar-refractivity contribution in [3.63, 3.8) is 0 Å². The number of hydrogen-bond acceptors (Lipinski definition) is 6. The molecule has 0 unspecified atom stereocenters. The van der Waals surface area contributed by atoms with E-state index in [-0.39, 0.29) is 19.6 Å². The third kappa shape index (κ3) is 2.05. The van der Waals surface area contributed by atoms with Crippen LogP contribution in [0.15, 0.2) is 10.4 Å². The van der Waals surface area contributed by atoms with Gasteiger partial charge in [0.15, 0.2) is 0 Å². The molecule has 1 saturated heterocycles. The molecule has 0 aromatic heterocycles. The minimum Gasteiger partial charge on any atom is -0.391 e. The Labute approximate surface area is 68.9 Å². The maximum absolute atomic E-state index is 10.2. The van der Waals surface area contributed by atoms with E-state index in [1.165, 1.54) is 0 Å². The van der Waals surface area contributed by atoms with Gasteiger partial charge < -0.3 is 9.84 Å². The van der Waals surface area contributed by atoms with Crippen molar-refractivity contribution < 1.29 is 9.84 Å². The van der Waals surface area contributed by atoms with Crippen LogP contribution in [0.1, 0.15) is 6.42 Å². The summed E-state index contributed by atoms with van der Waals surface area (Å²) in [5.74, 6) is 0. The van der Waals surface area contributed by atoms with Crippen molar-refractivity contribution in [3.05, 3.63) is 9.81 Å². The first-order valence-corrected chi connectivity index (χ1v) is 3.69. The number of aliphatic hydroxyl groups is 1. The minimum atomic E-state index is -0.657. The van der Waals surface area contributed by atoms with Crippen molar-refractivity contribution in [2.45, 2.75) is 24.7 Å². The molecule has 1 N–H and O–H groups in total. The van der Waals surface area contributed by atoms with E-state index in [1.54, 1.807) is 0 Å². The zero-order chi connectivity index (χ0) is 8.97. The standard InChI is InChI=1S/C6H10N2O4/c9-4-1-5(8-11)6(2-7-10)12-3-4/h4-6,9H,1-3H2/t4-,5+,6-/m1/s1. The summed E-state index contributed by atoms with van der Waals surface area (Å²) in [6.45, 7) is 0.0648. The lowest BCUT2D eigenvalue weighted by molar-refractivity contribution is -0.0618. The normalized spacial score (nSPS) is 35.9. The van der Waals surface area contributed by atoms with Gasteiger partial charge in [0, 0.05) is 6.42 Å². The number of nitroso groups, excluding NO2 is 2. The molecule has 3 atom stereocenters. The van der Waals surface area contributed by atoms with Crippen molar-refractivity contribution >= 4 is 0 Å². The Hall–Kier alpha value is -0.880. The van der Waals surface area contributed by atoms with Gasteiger partial charge in [0.05, 0.1) is 12.7 Å². The lowest BCUT2D eigenvalue weighted by atomic mass is 10.0. The summed E-state index contributed by atoms with van der Waals surface area (Å²) in [6, 6.07) is -0.647. The molecule has 1 fully saturated rings. The highest BCUT2D eigenvalue weighted by atomic mass is 16.5. The fourth-order valence-electron chi connectivity index (χ4n) is 1.20. The molecule has 0 spiro atoms. The summed E-state index contributed by atoms with van der Waals surface area (Å²) in [7, 11) is 0. The van der Waals surface area contributed by atoms with E-state index in [9.17, 15) is 9.81 Å². The van der Waals surface area contributed by atoms with E-state index in [4.69, 9.17) is 9.84 Å². The lowest BCUT2D eigenvalue weighted by Gasteiger charge is -2.28. The molecule has 0 bridgehead atoms. The molecule has 0 amide bonds. The molecule has 0 radical (unpaired) electrons. The molecule has 1 aliphatic heterocycles. The third-order valence-corrected chi connectivity index (χ3v) is 1.84. The summed E-state index contributed by atoms with van der Waals surface area (Å²) < 4.78 is 5.00. The zero-order valence-corrected chi connectivity index (χ0v) is 6.42. The number of ether oxygens (including phenoxy) is 1. The Morgan fingerprint density at radius 2 is 2.25 bits per heavy atom. The monoisotopic (exact) mass is 174 g/mol. The Kier molecular flexibility index (Phi) is 3.24. The van der Waals surface area contributed by atoms with Crippen molar-refractivity contribution in [2.75, 3.05) is 13.2 Å². The largest absolute Gasteiger partial charge is 0.391 e. The molecule has 68 valence electrons. The number of rotatable bonds is 3. The van der Waals surface area contributed by atoms with Gasteiger partial charge in [0.25, 0.3) is 0 Å². The fraction of sp³-hybridized carbons (Fsp3) is 1.00. The van der Waals surface area contributed by atoms with Crippen LogP contribution in [-0.4, -0.2) is 36.5 Å².